The largest absolute Gasteiger partial charge is 0.278 e. The van der Waals surface area contributed by atoms with Crippen LogP contribution in [0.15, 0.2) is 201 Å². The molecule has 0 saturated carbocycles. The Bertz CT molecular complexity index is 3510. The zero-order valence-electron chi connectivity index (χ0n) is 33.6. The lowest BCUT2D eigenvalue weighted by Crippen LogP contribution is -2.03. The summed E-state index contributed by atoms with van der Waals surface area (Å²) in [6.07, 6.45) is 2.40. The summed E-state index contributed by atoms with van der Waals surface area (Å²) in [7, 11) is 0. The van der Waals surface area contributed by atoms with Crippen molar-refractivity contribution in [2.24, 2.45) is 0 Å². The van der Waals surface area contributed by atoms with Gasteiger partial charge in [0.1, 0.15) is 0 Å². The van der Waals surface area contributed by atoms with E-state index in [-0.39, 0.29) is 5.92 Å². The summed E-state index contributed by atoms with van der Waals surface area (Å²) >= 11 is 0. The highest BCUT2D eigenvalue weighted by Crippen LogP contribution is 2.46. The number of hydrogen-bond acceptors (Lipinski definition) is 2. The Labute approximate surface area is 349 Å². The summed E-state index contributed by atoms with van der Waals surface area (Å²) in [6.45, 7) is 9.33. The highest BCUT2D eigenvalue weighted by molar-refractivity contribution is 6.35. The Balaban J connectivity index is 1.26. The minimum atomic E-state index is 0.235. The lowest BCUT2D eigenvalue weighted by molar-refractivity contribution is 0.968. The second kappa shape index (κ2) is 14.3. The normalized spacial score (nSPS) is 12.6. The van der Waals surface area contributed by atoms with Gasteiger partial charge in [-0.25, -0.2) is 9.97 Å². The predicted molar refractivity (Wildman–Crippen MR) is 255 cm³/mol. The quantitative estimate of drug-likeness (QED) is 0.151. The molecule has 0 fully saturated rings. The molecule has 0 N–H and O–H groups in total. The molecule has 0 spiro atoms. The van der Waals surface area contributed by atoms with Crippen molar-refractivity contribution in [1.82, 2.24) is 14.5 Å². The van der Waals surface area contributed by atoms with Gasteiger partial charge in [0.2, 0.25) is 5.95 Å². The molecule has 0 aliphatic carbocycles. The van der Waals surface area contributed by atoms with Crippen molar-refractivity contribution in [3.63, 3.8) is 0 Å². The summed E-state index contributed by atoms with van der Waals surface area (Å²) in [6, 6.07) is 67.1. The summed E-state index contributed by atoms with van der Waals surface area (Å²) in [4.78, 5) is 10.7. The molecule has 11 aromatic rings. The van der Waals surface area contributed by atoms with E-state index in [4.69, 9.17) is 16.5 Å². The number of para-hydroxylation sites is 2. The van der Waals surface area contributed by atoms with Gasteiger partial charge in [0.05, 0.1) is 22.2 Å². The molecular weight excluding hydrogens is 727 g/mol. The fourth-order valence-electron chi connectivity index (χ4n) is 9.43. The van der Waals surface area contributed by atoms with Crippen LogP contribution in [0.1, 0.15) is 42.0 Å². The topological polar surface area (TPSA) is 30.7 Å². The maximum Gasteiger partial charge on any atom is 0.235 e. The van der Waals surface area contributed by atoms with Crippen LogP contribution in [0.4, 0.5) is 0 Å². The number of rotatable bonds is 7. The van der Waals surface area contributed by atoms with Gasteiger partial charge in [-0.2, -0.15) is 0 Å². The zero-order chi connectivity index (χ0) is 40.3. The highest BCUT2D eigenvalue weighted by Gasteiger charge is 2.23. The summed E-state index contributed by atoms with van der Waals surface area (Å²) in [5.74, 6) is 0.885. The van der Waals surface area contributed by atoms with E-state index >= 15 is 0 Å². The molecule has 60 heavy (non-hydrogen) atoms. The maximum absolute atomic E-state index is 5.39. The summed E-state index contributed by atoms with van der Waals surface area (Å²) < 4.78 is 2.26. The van der Waals surface area contributed by atoms with E-state index < -0.39 is 0 Å². The van der Waals surface area contributed by atoms with Gasteiger partial charge in [-0.15, -0.1) is 0 Å². The molecule has 0 aliphatic heterocycles. The van der Waals surface area contributed by atoms with E-state index in [0.29, 0.717) is 5.95 Å². The molecule has 0 radical (unpaired) electrons. The van der Waals surface area contributed by atoms with E-state index in [2.05, 4.69) is 206 Å². The second-order valence-electron chi connectivity index (χ2n) is 15.9. The van der Waals surface area contributed by atoms with Crippen molar-refractivity contribution in [3.8, 4) is 17.2 Å². The van der Waals surface area contributed by atoms with Crippen LogP contribution >= 0.6 is 0 Å². The van der Waals surface area contributed by atoms with E-state index in [1.807, 2.05) is 6.07 Å². The minimum absolute atomic E-state index is 0.235. The molecule has 0 bridgehead atoms. The smallest absolute Gasteiger partial charge is 0.235 e. The first-order valence-electron chi connectivity index (χ1n) is 20.7. The van der Waals surface area contributed by atoms with Crippen LogP contribution in [0.25, 0.3) is 93.4 Å². The van der Waals surface area contributed by atoms with Crippen LogP contribution in [0.3, 0.4) is 0 Å². The molecule has 1 unspecified atom stereocenters. The Kier molecular flexibility index (Phi) is 8.49. The van der Waals surface area contributed by atoms with Crippen molar-refractivity contribution in [2.75, 3.05) is 0 Å². The molecule has 1 atom stereocenters. The number of nitrogens with zero attached hydrogens (tertiary/aromatic N) is 3. The first kappa shape index (κ1) is 35.5. The standard InChI is InChI=1S/C57H41N3/c1-36(39-19-7-4-8-20-39)33-37(2)47-34-49-43-26-14-13-25-42(43)44-31-32-53-55(54(44)50(49)35-48(47)38(3)40-21-9-5-10-22-40)46-28-16-18-30-52(46)60(53)57-58-51-29-17-15-27-45(51)56(59-57)41-23-11-6-12-24-41/h4-36H,3H2,1-2H3/b37-33-. The Morgan fingerprint density at radius 2 is 1.12 bits per heavy atom. The van der Waals surface area contributed by atoms with E-state index in [0.717, 1.165) is 55.3 Å². The van der Waals surface area contributed by atoms with Crippen LogP contribution in [-0.4, -0.2) is 14.5 Å². The van der Waals surface area contributed by atoms with Gasteiger partial charge in [-0.3, -0.25) is 4.57 Å². The van der Waals surface area contributed by atoms with Gasteiger partial charge in [0.15, 0.2) is 0 Å². The first-order chi connectivity index (χ1) is 29.5. The third-order valence-electron chi connectivity index (χ3n) is 12.3. The van der Waals surface area contributed by atoms with Crippen LogP contribution in [0, 0.1) is 0 Å². The molecule has 284 valence electrons. The Hall–Kier alpha value is -7.62. The molecule has 2 heterocycles. The first-order valence-corrected chi connectivity index (χ1v) is 20.7. The average molecular weight is 768 g/mol. The van der Waals surface area contributed by atoms with Gasteiger partial charge in [0, 0.05) is 27.1 Å². The summed E-state index contributed by atoms with van der Waals surface area (Å²) in [5.41, 5.74) is 12.0. The highest BCUT2D eigenvalue weighted by atomic mass is 15.2. The fraction of sp³-hybridized carbons (Fsp3) is 0.0526. The third kappa shape index (κ3) is 5.73. The summed E-state index contributed by atoms with van der Waals surface area (Å²) in [5, 5.41) is 10.7. The van der Waals surface area contributed by atoms with Crippen LogP contribution < -0.4 is 0 Å². The molecular formula is C57H41N3. The Morgan fingerprint density at radius 3 is 1.87 bits per heavy atom. The maximum atomic E-state index is 5.39. The molecule has 0 saturated heterocycles. The van der Waals surface area contributed by atoms with Crippen molar-refractivity contribution < 1.29 is 0 Å². The number of aromatic nitrogens is 3. The average Bonchev–Trinajstić information content (AvgIpc) is 3.66. The molecule has 11 rings (SSSR count). The molecule has 0 amide bonds. The predicted octanol–water partition coefficient (Wildman–Crippen LogP) is 15.1. The van der Waals surface area contributed by atoms with Gasteiger partial charge in [-0.1, -0.05) is 177 Å². The van der Waals surface area contributed by atoms with E-state index in [1.165, 1.54) is 54.4 Å². The lowest BCUT2D eigenvalue weighted by Gasteiger charge is -2.19. The third-order valence-corrected chi connectivity index (χ3v) is 12.3. The zero-order valence-corrected chi connectivity index (χ0v) is 33.6. The van der Waals surface area contributed by atoms with Gasteiger partial charge >= 0.3 is 0 Å². The SMILES string of the molecule is C=C(c1ccccc1)c1cc2c(cc1/C(C)=C\C(C)c1ccccc1)c1ccccc1c1ccc3c(c4ccccc4n3-c3nc(-c4ccccc4)c4ccccc4n3)c12. The van der Waals surface area contributed by atoms with Gasteiger partial charge < -0.3 is 0 Å². The monoisotopic (exact) mass is 767 g/mol. The van der Waals surface area contributed by atoms with Gasteiger partial charge in [0.25, 0.3) is 0 Å². The second-order valence-corrected chi connectivity index (χ2v) is 15.9. The molecule has 9 aromatic carbocycles. The molecule has 0 aliphatic rings. The number of benzene rings is 9. The van der Waals surface area contributed by atoms with Crippen molar-refractivity contribution in [2.45, 2.75) is 19.8 Å². The Morgan fingerprint density at radius 1 is 0.517 bits per heavy atom. The van der Waals surface area contributed by atoms with Gasteiger partial charge in [-0.05, 0) is 104 Å². The van der Waals surface area contributed by atoms with E-state index in [1.54, 1.807) is 0 Å². The number of hydrogen-bond donors (Lipinski definition) is 0. The van der Waals surface area contributed by atoms with Crippen LogP contribution in [-0.2, 0) is 0 Å². The lowest BCUT2D eigenvalue weighted by atomic mass is 9.84. The van der Waals surface area contributed by atoms with E-state index in [9.17, 15) is 0 Å². The van der Waals surface area contributed by atoms with Crippen LogP contribution in [0.5, 0.6) is 0 Å². The minimum Gasteiger partial charge on any atom is -0.278 e. The van der Waals surface area contributed by atoms with Crippen molar-refractivity contribution >= 4 is 76.2 Å². The fourth-order valence-corrected chi connectivity index (χ4v) is 9.43. The molecule has 3 nitrogen and oxygen atoms in total. The van der Waals surface area contributed by atoms with Crippen molar-refractivity contribution in [1.29, 1.82) is 0 Å². The number of fused-ring (bicyclic) bond motifs is 11. The van der Waals surface area contributed by atoms with Crippen LogP contribution in [0.2, 0.25) is 0 Å². The molecule has 2 aromatic heterocycles. The van der Waals surface area contributed by atoms with Crippen molar-refractivity contribution in [3.05, 3.63) is 223 Å². The molecule has 3 heteroatoms. The number of allylic oxidation sites excluding steroid dienone is 2.